The first-order valence-corrected chi connectivity index (χ1v) is 10.7. The van der Waals surface area contributed by atoms with Gasteiger partial charge in [0.1, 0.15) is 5.58 Å². The summed E-state index contributed by atoms with van der Waals surface area (Å²) in [4.78, 5) is 31.2. The van der Waals surface area contributed by atoms with Gasteiger partial charge in [0.05, 0.1) is 12.0 Å². The molecule has 3 heterocycles. The lowest BCUT2D eigenvalue weighted by Gasteiger charge is -2.34. The van der Waals surface area contributed by atoms with Crippen LogP contribution in [0.3, 0.4) is 0 Å². The fourth-order valence-electron chi connectivity index (χ4n) is 4.76. The number of furan rings is 1. The number of likely N-dealkylation sites (tertiary alicyclic amines) is 1. The summed E-state index contributed by atoms with van der Waals surface area (Å²) in [5.74, 6) is 0.250. The van der Waals surface area contributed by atoms with Gasteiger partial charge in [0.2, 0.25) is 5.91 Å². The van der Waals surface area contributed by atoms with Crippen LogP contribution in [0, 0.1) is 0 Å². The standard InChI is InChI=1S/C24H25N3O3/c28-22-2-1-14-27(22)19-9-7-18(8-10-19)26-24(29)17-5-3-16(4-6-17)23-20-12-15-30-21(20)11-13-25-23/h3-6,11-13,15,18-19H,1-2,7-10,14H2,(H,26,29). The van der Waals surface area contributed by atoms with E-state index in [-0.39, 0.29) is 11.9 Å². The maximum absolute atomic E-state index is 12.7. The summed E-state index contributed by atoms with van der Waals surface area (Å²) in [5, 5.41) is 4.13. The van der Waals surface area contributed by atoms with Crippen LogP contribution in [0.2, 0.25) is 0 Å². The summed E-state index contributed by atoms with van der Waals surface area (Å²) in [7, 11) is 0. The van der Waals surface area contributed by atoms with Gasteiger partial charge in [-0.2, -0.15) is 0 Å². The average molecular weight is 403 g/mol. The van der Waals surface area contributed by atoms with Gasteiger partial charge in [-0.05, 0) is 56.4 Å². The molecule has 1 aromatic carbocycles. The summed E-state index contributed by atoms with van der Waals surface area (Å²) in [6, 6.07) is 11.8. The first-order chi connectivity index (χ1) is 14.7. The van der Waals surface area contributed by atoms with Crippen molar-refractivity contribution in [3.8, 4) is 11.3 Å². The lowest BCUT2D eigenvalue weighted by Crippen LogP contribution is -2.44. The van der Waals surface area contributed by atoms with E-state index in [0.29, 0.717) is 23.9 Å². The van der Waals surface area contributed by atoms with Crippen LogP contribution in [0.1, 0.15) is 48.9 Å². The average Bonchev–Trinajstić information content (AvgIpc) is 3.43. The molecule has 154 valence electrons. The van der Waals surface area contributed by atoms with Crippen LogP contribution in [0.25, 0.3) is 22.2 Å². The summed E-state index contributed by atoms with van der Waals surface area (Å²) < 4.78 is 5.45. The van der Waals surface area contributed by atoms with Crippen molar-refractivity contribution in [3.63, 3.8) is 0 Å². The van der Waals surface area contributed by atoms with Crippen LogP contribution in [-0.4, -0.2) is 40.3 Å². The first kappa shape index (κ1) is 18.9. The molecule has 1 saturated heterocycles. The fraction of sp³-hybridized carbons (Fsp3) is 0.375. The molecule has 0 atom stereocenters. The molecule has 5 rings (SSSR count). The van der Waals surface area contributed by atoms with Crippen LogP contribution >= 0.6 is 0 Å². The molecule has 0 bridgehead atoms. The highest BCUT2D eigenvalue weighted by Gasteiger charge is 2.31. The van der Waals surface area contributed by atoms with Crippen molar-refractivity contribution in [2.75, 3.05) is 6.54 Å². The third-order valence-corrected chi connectivity index (χ3v) is 6.38. The van der Waals surface area contributed by atoms with E-state index in [9.17, 15) is 9.59 Å². The first-order valence-electron chi connectivity index (χ1n) is 10.7. The molecular weight excluding hydrogens is 378 g/mol. The quantitative estimate of drug-likeness (QED) is 0.710. The minimum Gasteiger partial charge on any atom is -0.464 e. The Morgan fingerprint density at radius 1 is 1.07 bits per heavy atom. The Kier molecular flexibility index (Phi) is 4.99. The number of carbonyl (C=O) groups is 2. The van der Waals surface area contributed by atoms with Crippen LogP contribution in [0.4, 0.5) is 0 Å². The minimum absolute atomic E-state index is 0.0447. The number of rotatable bonds is 4. The van der Waals surface area contributed by atoms with Gasteiger partial charge in [0.25, 0.3) is 5.91 Å². The lowest BCUT2D eigenvalue weighted by atomic mass is 9.90. The Hall–Kier alpha value is -3.15. The molecule has 1 saturated carbocycles. The monoisotopic (exact) mass is 403 g/mol. The minimum atomic E-state index is -0.0447. The molecule has 0 radical (unpaired) electrons. The van der Waals surface area contributed by atoms with E-state index in [1.807, 2.05) is 41.3 Å². The second-order valence-electron chi connectivity index (χ2n) is 8.24. The van der Waals surface area contributed by atoms with Crippen molar-refractivity contribution in [1.82, 2.24) is 15.2 Å². The molecule has 3 aromatic rings. The molecule has 0 unspecified atom stereocenters. The van der Waals surface area contributed by atoms with Gasteiger partial charge in [-0.1, -0.05) is 12.1 Å². The molecular formula is C24H25N3O3. The van der Waals surface area contributed by atoms with E-state index in [1.54, 1.807) is 12.5 Å². The highest BCUT2D eigenvalue weighted by atomic mass is 16.3. The van der Waals surface area contributed by atoms with Crippen LogP contribution < -0.4 is 5.32 Å². The zero-order valence-corrected chi connectivity index (χ0v) is 16.8. The number of aromatic nitrogens is 1. The third-order valence-electron chi connectivity index (χ3n) is 6.38. The van der Waals surface area contributed by atoms with Gasteiger partial charge in [0, 0.05) is 47.8 Å². The van der Waals surface area contributed by atoms with Gasteiger partial charge >= 0.3 is 0 Å². The number of nitrogens with one attached hydrogen (secondary N) is 1. The normalized spacial score (nSPS) is 21.9. The van der Waals surface area contributed by atoms with Crippen LogP contribution in [-0.2, 0) is 4.79 Å². The number of benzene rings is 1. The Labute approximate surface area is 175 Å². The van der Waals surface area contributed by atoms with E-state index in [2.05, 4.69) is 10.3 Å². The van der Waals surface area contributed by atoms with Crippen LogP contribution in [0.15, 0.2) is 53.3 Å². The molecule has 2 amide bonds. The molecule has 0 spiro atoms. The van der Waals surface area contributed by atoms with Crippen molar-refractivity contribution in [2.24, 2.45) is 0 Å². The zero-order valence-electron chi connectivity index (χ0n) is 16.8. The maximum Gasteiger partial charge on any atom is 0.251 e. The van der Waals surface area contributed by atoms with E-state index >= 15 is 0 Å². The number of hydrogen-bond acceptors (Lipinski definition) is 4. The Morgan fingerprint density at radius 2 is 1.87 bits per heavy atom. The maximum atomic E-state index is 12.7. The van der Waals surface area contributed by atoms with Gasteiger partial charge in [0.15, 0.2) is 0 Å². The molecule has 30 heavy (non-hydrogen) atoms. The van der Waals surface area contributed by atoms with Gasteiger partial charge in [-0.25, -0.2) is 0 Å². The Bertz CT molecular complexity index is 1060. The largest absolute Gasteiger partial charge is 0.464 e. The highest BCUT2D eigenvalue weighted by Crippen LogP contribution is 2.28. The molecule has 1 aliphatic heterocycles. The van der Waals surface area contributed by atoms with Crippen molar-refractivity contribution < 1.29 is 14.0 Å². The second kappa shape index (κ2) is 7.94. The fourth-order valence-corrected chi connectivity index (χ4v) is 4.76. The lowest BCUT2D eigenvalue weighted by molar-refractivity contribution is -0.130. The van der Waals surface area contributed by atoms with Gasteiger partial charge in [-0.15, -0.1) is 0 Å². The number of carbonyl (C=O) groups excluding carboxylic acids is 2. The van der Waals surface area contributed by atoms with Crippen molar-refractivity contribution in [1.29, 1.82) is 0 Å². The van der Waals surface area contributed by atoms with E-state index in [4.69, 9.17) is 4.42 Å². The number of amides is 2. The molecule has 6 nitrogen and oxygen atoms in total. The number of pyridine rings is 1. The summed E-state index contributed by atoms with van der Waals surface area (Å²) in [5.41, 5.74) is 3.25. The molecule has 2 aliphatic rings. The van der Waals surface area contributed by atoms with Crippen molar-refractivity contribution in [3.05, 3.63) is 54.4 Å². The van der Waals surface area contributed by atoms with Gasteiger partial charge < -0.3 is 14.6 Å². The summed E-state index contributed by atoms with van der Waals surface area (Å²) >= 11 is 0. The predicted octanol–water partition coefficient (Wildman–Crippen LogP) is 4.16. The van der Waals surface area contributed by atoms with E-state index < -0.39 is 0 Å². The molecule has 1 aliphatic carbocycles. The number of hydrogen-bond donors (Lipinski definition) is 1. The van der Waals surface area contributed by atoms with E-state index in [0.717, 1.165) is 60.9 Å². The Balaban J connectivity index is 1.21. The topological polar surface area (TPSA) is 75.4 Å². The number of nitrogens with zero attached hydrogens (tertiary/aromatic N) is 2. The summed E-state index contributed by atoms with van der Waals surface area (Å²) in [6.45, 7) is 0.897. The van der Waals surface area contributed by atoms with Gasteiger partial charge in [-0.3, -0.25) is 14.6 Å². The SMILES string of the molecule is O=C(NC1CCC(N2CCCC2=O)CC1)c1ccc(-c2nccc3occc23)cc1. The van der Waals surface area contributed by atoms with Crippen molar-refractivity contribution in [2.45, 2.75) is 50.6 Å². The summed E-state index contributed by atoms with van der Waals surface area (Å²) in [6.07, 6.45) is 8.84. The Morgan fingerprint density at radius 3 is 2.60 bits per heavy atom. The predicted molar refractivity (Wildman–Crippen MR) is 114 cm³/mol. The van der Waals surface area contributed by atoms with Crippen LogP contribution in [0.5, 0.6) is 0 Å². The van der Waals surface area contributed by atoms with Crippen molar-refractivity contribution >= 4 is 22.8 Å². The molecule has 1 N–H and O–H groups in total. The number of fused-ring (bicyclic) bond motifs is 1. The molecule has 2 aromatic heterocycles. The second-order valence-corrected chi connectivity index (χ2v) is 8.24. The van der Waals surface area contributed by atoms with E-state index in [1.165, 1.54) is 0 Å². The highest BCUT2D eigenvalue weighted by molar-refractivity contribution is 5.96. The molecule has 6 heteroatoms. The zero-order chi connectivity index (χ0) is 20.5. The smallest absolute Gasteiger partial charge is 0.251 e. The molecule has 2 fully saturated rings. The third kappa shape index (κ3) is 3.58.